The van der Waals surface area contributed by atoms with Crippen LogP contribution in [0, 0.1) is 0 Å². The van der Waals surface area contributed by atoms with Gasteiger partial charge in [0.05, 0.1) is 7.11 Å². The first kappa shape index (κ1) is 13.6. The van der Waals surface area contributed by atoms with Crippen molar-refractivity contribution in [1.29, 1.82) is 0 Å². The molecule has 3 nitrogen and oxygen atoms in total. The normalized spacial score (nSPS) is 11.3. The molecule has 0 aliphatic heterocycles. The molecular weight excluding hydrogens is 233 g/mol. The van der Waals surface area contributed by atoms with Crippen LogP contribution in [0.3, 0.4) is 0 Å². The third kappa shape index (κ3) is 5.99. The number of unbranched alkanes of at least 4 members (excludes halogenated alkanes) is 1. The van der Waals surface area contributed by atoms with E-state index in [1.54, 1.807) is 18.3 Å². The lowest BCUT2D eigenvalue weighted by Crippen LogP contribution is -2.08. The maximum absolute atomic E-state index is 11.9. The highest BCUT2D eigenvalue weighted by Crippen LogP contribution is 2.22. The van der Waals surface area contributed by atoms with E-state index in [4.69, 9.17) is 4.74 Å². The van der Waals surface area contributed by atoms with Crippen LogP contribution in [0.2, 0.25) is 0 Å². The predicted octanol–water partition coefficient (Wildman–Crippen LogP) is 3.23. The number of nitrogens with one attached hydrogen (secondary N) is 1. The van der Waals surface area contributed by atoms with Crippen LogP contribution in [-0.2, 0) is 0 Å². The Kier molecular flexibility index (Phi) is 5.06. The van der Waals surface area contributed by atoms with Crippen molar-refractivity contribution in [2.45, 2.75) is 25.4 Å². The molecule has 6 heteroatoms. The van der Waals surface area contributed by atoms with Crippen molar-refractivity contribution < 1.29 is 17.9 Å². The molecule has 1 aromatic heterocycles. The summed E-state index contributed by atoms with van der Waals surface area (Å²) in [4.78, 5) is 3.92. The van der Waals surface area contributed by atoms with E-state index < -0.39 is 12.6 Å². The van der Waals surface area contributed by atoms with Gasteiger partial charge in [0, 0.05) is 30.9 Å². The van der Waals surface area contributed by atoms with E-state index in [9.17, 15) is 13.2 Å². The first-order valence-electron chi connectivity index (χ1n) is 5.32. The Morgan fingerprint density at radius 3 is 2.76 bits per heavy atom. The van der Waals surface area contributed by atoms with Gasteiger partial charge < -0.3 is 10.1 Å². The number of hydrogen-bond acceptors (Lipinski definition) is 3. The molecule has 0 saturated heterocycles. The van der Waals surface area contributed by atoms with Crippen LogP contribution in [0.4, 0.5) is 18.9 Å². The molecule has 17 heavy (non-hydrogen) atoms. The Hall–Kier alpha value is -1.46. The fourth-order valence-electron chi connectivity index (χ4n) is 1.31. The van der Waals surface area contributed by atoms with Crippen molar-refractivity contribution >= 4 is 5.69 Å². The summed E-state index contributed by atoms with van der Waals surface area (Å²) in [5.74, 6) is 0.477. The predicted molar refractivity (Wildman–Crippen MR) is 59.2 cm³/mol. The van der Waals surface area contributed by atoms with Gasteiger partial charge in [-0.15, -0.1) is 0 Å². The van der Waals surface area contributed by atoms with Gasteiger partial charge in [-0.05, 0) is 18.9 Å². The van der Waals surface area contributed by atoms with Gasteiger partial charge in [0.1, 0.15) is 0 Å². The first-order valence-corrected chi connectivity index (χ1v) is 5.32. The van der Waals surface area contributed by atoms with Crippen LogP contribution in [0.15, 0.2) is 18.3 Å². The lowest BCUT2D eigenvalue weighted by atomic mass is 10.2. The number of ether oxygens (including phenoxy) is 1. The number of pyridine rings is 1. The fourth-order valence-corrected chi connectivity index (χ4v) is 1.31. The standard InChI is InChI=1S/C11H15F3N2O/c1-17-10-8-9(4-7-16-10)15-6-3-2-5-11(12,13)14/h4,7-8H,2-3,5-6H2,1H3,(H,15,16). The summed E-state index contributed by atoms with van der Waals surface area (Å²) in [5, 5.41) is 3.02. The quantitative estimate of drug-likeness (QED) is 0.785. The maximum Gasteiger partial charge on any atom is 0.389 e. The molecule has 0 amide bonds. The smallest absolute Gasteiger partial charge is 0.389 e. The molecular formula is C11H15F3N2O. The molecule has 1 N–H and O–H groups in total. The lowest BCUT2D eigenvalue weighted by molar-refractivity contribution is -0.135. The van der Waals surface area contributed by atoms with Crippen LogP contribution >= 0.6 is 0 Å². The molecule has 0 fully saturated rings. The van der Waals surface area contributed by atoms with Crippen molar-refractivity contribution in [3.05, 3.63) is 18.3 Å². The van der Waals surface area contributed by atoms with Gasteiger partial charge in [0.2, 0.25) is 5.88 Å². The molecule has 1 heterocycles. The van der Waals surface area contributed by atoms with Crippen molar-refractivity contribution in [2.24, 2.45) is 0 Å². The van der Waals surface area contributed by atoms with Gasteiger partial charge in [0.25, 0.3) is 0 Å². The van der Waals surface area contributed by atoms with Crippen molar-refractivity contribution in [1.82, 2.24) is 4.98 Å². The summed E-state index contributed by atoms with van der Waals surface area (Å²) in [6.07, 6.45) is -2.59. The molecule has 0 spiro atoms. The summed E-state index contributed by atoms with van der Waals surface area (Å²) in [6, 6.07) is 3.44. The van der Waals surface area contributed by atoms with Gasteiger partial charge >= 0.3 is 6.18 Å². The Labute approximate surface area is 98.0 Å². The zero-order valence-corrected chi connectivity index (χ0v) is 9.55. The summed E-state index contributed by atoms with van der Waals surface area (Å²) in [5.41, 5.74) is 0.795. The number of hydrogen-bond donors (Lipinski definition) is 1. The lowest BCUT2D eigenvalue weighted by Gasteiger charge is -2.08. The topological polar surface area (TPSA) is 34.1 Å². The summed E-state index contributed by atoms with van der Waals surface area (Å²) >= 11 is 0. The summed E-state index contributed by atoms with van der Waals surface area (Å²) in [6.45, 7) is 0.503. The van der Waals surface area contributed by atoms with Crippen LogP contribution in [0.1, 0.15) is 19.3 Å². The molecule has 0 unspecified atom stereocenters. The van der Waals surface area contributed by atoms with Crippen LogP contribution < -0.4 is 10.1 Å². The molecule has 0 bridgehead atoms. The van der Waals surface area contributed by atoms with E-state index in [-0.39, 0.29) is 6.42 Å². The average Bonchev–Trinajstić information content (AvgIpc) is 2.27. The Balaban J connectivity index is 2.22. The van der Waals surface area contributed by atoms with Crippen molar-refractivity contribution in [2.75, 3.05) is 19.0 Å². The average molecular weight is 248 g/mol. The highest BCUT2D eigenvalue weighted by molar-refractivity contribution is 5.44. The SMILES string of the molecule is COc1cc(NCCCCC(F)(F)F)ccn1. The second-order valence-corrected chi connectivity index (χ2v) is 3.59. The number of alkyl halides is 3. The Morgan fingerprint density at radius 2 is 2.12 bits per heavy atom. The van der Waals surface area contributed by atoms with Gasteiger partial charge in [-0.3, -0.25) is 0 Å². The van der Waals surface area contributed by atoms with E-state index in [2.05, 4.69) is 10.3 Å². The van der Waals surface area contributed by atoms with Crippen LogP contribution in [0.5, 0.6) is 5.88 Å². The van der Waals surface area contributed by atoms with Crippen LogP contribution in [0.25, 0.3) is 0 Å². The zero-order valence-electron chi connectivity index (χ0n) is 9.55. The van der Waals surface area contributed by atoms with E-state index in [1.807, 2.05) is 0 Å². The Morgan fingerprint density at radius 1 is 1.35 bits per heavy atom. The maximum atomic E-state index is 11.9. The molecule has 96 valence electrons. The highest BCUT2D eigenvalue weighted by atomic mass is 19.4. The van der Waals surface area contributed by atoms with Gasteiger partial charge in [-0.25, -0.2) is 4.98 Å². The summed E-state index contributed by atoms with van der Waals surface area (Å²) in [7, 11) is 1.51. The van der Waals surface area contributed by atoms with Gasteiger partial charge in [-0.2, -0.15) is 13.2 Å². The Bertz CT molecular complexity index is 342. The number of anilines is 1. The monoisotopic (exact) mass is 248 g/mol. The molecule has 0 aliphatic carbocycles. The van der Waals surface area contributed by atoms with E-state index in [1.165, 1.54) is 7.11 Å². The molecule has 0 atom stereocenters. The molecule has 0 saturated carbocycles. The van der Waals surface area contributed by atoms with Crippen molar-refractivity contribution in [3.8, 4) is 5.88 Å². The molecule has 0 aromatic carbocycles. The molecule has 0 radical (unpaired) electrons. The third-order valence-electron chi connectivity index (χ3n) is 2.16. The fraction of sp³-hybridized carbons (Fsp3) is 0.545. The van der Waals surface area contributed by atoms with Crippen molar-refractivity contribution in [3.63, 3.8) is 0 Å². The minimum Gasteiger partial charge on any atom is -0.481 e. The van der Waals surface area contributed by atoms with E-state index >= 15 is 0 Å². The number of aromatic nitrogens is 1. The zero-order chi connectivity index (χ0) is 12.7. The van der Waals surface area contributed by atoms with Gasteiger partial charge in [0.15, 0.2) is 0 Å². The largest absolute Gasteiger partial charge is 0.481 e. The number of nitrogens with zero attached hydrogens (tertiary/aromatic N) is 1. The summed E-state index contributed by atoms with van der Waals surface area (Å²) < 4.78 is 40.5. The first-order chi connectivity index (χ1) is 8.01. The number of methoxy groups -OCH3 is 1. The van der Waals surface area contributed by atoms with E-state index in [0.29, 0.717) is 18.8 Å². The molecule has 1 aromatic rings. The van der Waals surface area contributed by atoms with Crippen LogP contribution in [-0.4, -0.2) is 24.8 Å². The number of halogens is 3. The van der Waals surface area contributed by atoms with E-state index in [0.717, 1.165) is 5.69 Å². The van der Waals surface area contributed by atoms with Gasteiger partial charge in [-0.1, -0.05) is 0 Å². The third-order valence-corrected chi connectivity index (χ3v) is 2.16. The molecule has 0 aliphatic rings. The molecule has 1 rings (SSSR count). The minimum absolute atomic E-state index is 0.138. The minimum atomic E-state index is -4.06. The number of rotatable bonds is 6. The highest BCUT2D eigenvalue weighted by Gasteiger charge is 2.25. The second kappa shape index (κ2) is 6.32. The second-order valence-electron chi connectivity index (χ2n) is 3.59.